The highest BCUT2D eigenvalue weighted by Gasteiger charge is 2.42. The largest absolute Gasteiger partial charge is 0.448 e. The van der Waals surface area contributed by atoms with E-state index in [-0.39, 0.29) is 24.3 Å². The average Bonchev–Trinajstić information content (AvgIpc) is 2.83. The van der Waals surface area contributed by atoms with E-state index < -0.39 is 12.1 Å². The van der Waals surface area contributed by atoms with Gasteiger partial charge in [0.2, 0.25) is 0 Å². The Morgan fingerprint density at radius 3 is 2.33 bits per heavy atom. The Balaban J connectivity index is 1.97. The minimum Gasteiger partial charge on any atom is -0.448 e. The standard InChI is InChI=1S/C15H23F3N2O/c1-14(2,3)20-8-12-13(21-9-19-12)10-4-6-11(7-5-10)15(16,17)18/h9-11,20H,4-8H2,1-3H3. The van der Waals surface area contributed by atoms with Gasteiger partial charge < -0.3 is 9.73 Å². The third kappa shape index (κ3) is 4.46. The molecule has 1 aliphatic rings. The van der Waals surface area contributed by atoms with Gasteiger partial charge in [0.15, 0.2) is 6.39 Å². The number of nitrogens with zero attached hydrogens (tertiary/aromatic N) is 1. The van der Waals surface area contributed by atoms with Crippen molar-refractivity contribution < 1.29 is 17.6 Å². The van der Waals surface area contributed by atoms with Gasteiger partial charge in [-0.15, -0.1) is 0 Å². The van der Waals surface area contributed by atoms with Gasteiger partial charge >= 0.3 is 6.18 Å². The van der Waals surface area contributed by atoms with Crippen molar-refractivity contribution in [3.63, 3.8) is 0 Å². The summed E-state index contributed by atoms with van der Waals surface area (Å²) in [5.74, 6) is -0.344. The molecule has 1 fully saturated rings. The van der Waals surface area contributed by atoms with E-state index in [1.54, 1.807) is 0 Å². The molecule has 0 saturated heterocycles. The fourth-order valence-corrected chi connectivity index (χ4v) is 2.77. The molecule has 0 aromatic carbocycles. The molecule has 1 N–H and O–H groups in total. The predicted octanol–water partition coefficient (Wildman–Crippen LogP) is 4.40. The summed E-state index contributed by atoms with van der Waals surface area (Å²) < 4.78 is 43.5. The van der Waals surface area contributed by atoms with E-state index in [1.807, 2.05) is 0 Å². The zero-order valence-electron chi connectivity index (χ0n) is 12.8. The molecule has 21 heavy (non-hydrogen) atoms. The molecule has 1 heterocycles. The molecule has 1 aromatic rings. The van der Waals surface area contributed by atoms with E-state index in [0.29, 0.717) is 19.4 Å². The molecular formula is C15H23F3N2O. The van der Waals surface area contributed by atoms with Crippen molar-refractivity contribution in [2.75, 3.05) is 0 Å². The molecule has 1 aliphatic carbocycles. The normalized spacial score (nSPS) is 24.3. The fraction of sp³-hybridized carbons (Fsp3) is 0.800. The SMILES string of the molecule is CC(C)(C)NCc1ncoc1C1CCC(C(F)(F)F)CC1. The molecule has 120 valence electrons. The summed E-state index contributed by atoms with van der Waals surface area (Å²) in [6.45, 7) is 6.75. The molecule has 0 unspecified atom stereocenters. The van der Waals surface area contributed by atoms with Crippen LogP contribution < -0.4 is 5.32 Å². The Bertz CT molecular complexity index is 454. The van der Waals surface area contributed by atoms with Gasteiger partial charge in [-0.2, -0.15) is 13.2 Å². The van der Waals surface area contributed by atoms with Crippen LogP contribution in [0.3, 0.4) is 0 Å². The van der Waals surface area contributed by atoms with Crippen LogP contribution in [0, 0.1) is 5.92 Å². The molecule has 3 nitrogen and oxygen atoms in total. The van der Waals surface area contributed by atoms with Crippen LogP contribution in [0.15, 0.2) is 10.8 Å². The lowest BCUT2D eigenvalue weighted by molar-refractivity contribution is -0.182. The molecule has 0 radical (unpaired) electrons. The Morgan fingerprint density at radius 1 is 1.19 bits per heavy atom. The molecule has 2 rings (SSSR count). The third-order valence-electron chi connectivity index (χ3n) is 4.02. The van der Waals surface area contributed by atoms with Crippen LogP contribution in [-0.4, -0.2) is 16.7 Å². The van der Waals surface area contributed by atoms with Crippen LogP contribution in [0.5, 0.6) is 0 Å². The van der Waals surface area contributed by atoms with Gasteiger partial charge in [-0.25, -0.2) is 4.98 Å². The Kier molecular flexibility index (Phi) is 4.66. The summed E-state index contributed by atoms with van der Waals surface area (Å²) in [5, 5.41) is 3.33. The fourth-order valence-electron chi connectivity index (χ4n) is 2.77. The number of alkyl halides is 3. The summed E-state index contributed by atoms with van der Waals surface area (Å²) in [6, 6.07) is 0. The Labute approximate surface area is 123 Å². The van der Waals surface area contributed by atoms with Crippen molar-refractivity contribution in [1.82, 2.24) is 10.3 Å². The van der Waals surface area contributed by atoms with Crippen LogP contribution in [0.25, 0.3) is 0 Å². The van der Waals surface area contributed by atoms with Crippen molar-refractivity contribution in [2.45, 2.75) is 70.6 Å². The van der Waals surface area contributed by atoms with Gasteiger partial charge in [-0.3, -0.25) is 0 Å². The molecule has 0 bridgehead atoms. The zero-order chi connectivity index (χ0) is 15.7. The van der Waals surface area contributed by atoms with Gasteiger partial charge in [0, 0.05) is 18.0 Å². The van der Waals surface area contributed by atoms with E-state index in [2.05, 4.69) is 31.1 Å². The first-order chi connectivity index (χ1) is 9.67. The van der Waals surface area contributed by atoms with Crippen LogP contribution in [0.2, 0.25) is 0 Å². The van der Waals surface area contributed by atoms with Crippen molar-refractivity contribution in [1.29, 1.82) is 0 Å². The second kappa shape index (κ2) is 5.99. The molecule has 1 saturated carbocycles. The maximum absolute atomic E-state index is 12.7. The summed E-state index contributed by atoms with van der Waals surface area (Å²) in [4.78, 5) is 4.21. The third-order valence-corrected chi connectivity index (χ3v) is 4.02. The van der Waals surface area contributed by atoms with Crippen molar-refractivity contribution in [2.24, 2.45) is 5.92 Å². The van der Waals surface area contributed by atoms with Crippen LogP contribution in [-0.2, 0) is 6.54 Å². The van der Waals surface area contributed by atoms with Crippen LogP contribution in [0.4, 0.5) is 13.2 Å². The lowest BCUT2D eigenvalue weighted by atomic mass is 9.80. The lowest BCUT2D eigenvalue weighted by Crippen LogP contribution is -2.35. The van der Waals surface area contributed by atoms with E-state index >= 15 is 0 Å². The molecular weight excluding hydrogens is 281 g/mol. The van der Waals surface area contributed by atoms with Crippen molar-refractivity contribution >= 4 is 0 Å². The van der Waals surface area contributed by atoms with Gasteiger partial charge in [-0.05, 0) is 46.5 Å². The maximum Gasteiger partial charge on any atom is 0.391 e. The van der Waals surface area contributed by atoms with Gasteiger partial charge in [0.25, 0.3) is 0 Å². The van der Waals surface area contributed by atoms with Crippen molar-refractivity contribution in [3.8, 4) is 0 Å². The number of nitrogens with one attached hydrogen (secondary N) is 1. The maximum atomic E-state index is 12.7. The second-order valence-corrected chi connectivity index (χ2v) is 6.86. The molecule has 0 atom stereocenters. The van der Waals surface area contributed by atoms with Gasteiger partial charge in [0.05, 0.1) is 11.6 Å². The number of aromatic nitrogens is 1. The van der Waals surface area contributed by atoms with Gasteiger partial charge in [-0.1, -0.05) is 0 Å². The molecule has 0 aliphatic heterocycles. The number of halogens is 3. The quantitative estimate of drug-likeness (QED) is 0.899. The van der Waals surface area contributed by atoms with E-state index in [0.717, 1.165) is 11.5 Å². The topological polar surface area (TPSA) is 38.1 Å². The lowest BCUT2D eigenvalue weighted by Gasteiger charge is -2.29. The van der Waals surface area contributed by atoms with E-state index in [1.165, 1.54) is 6.39 Å². The summed E-state index contributed by atoms with van der Waals surface area (Å²) in [6.07, 6.45) is -1.28. The van der Waals surface area contributed by atoms with Gasteiger partial charge in [0.1, 0.15) is 5.76 Å². The predicted molar refractivity (Wildman–Crippen MR) is 73.8 cm³/mol. The highest BCUT2D eigenvalue weighted by molar-refractivity contribution is 5.14. The van der Waals surface area contributed by atoms with Crippen LogP contribution in [0.1, 0.15) is 63.8 Å². The molecule has 1 aromatic heterocycles. The number of oxazole rings is 1. The first-order valence-corrected chi connectivity index (χ1v) is 7.41. The van der Waals surface area contributed by atoms with E-state index in [9.17, 15) is 13.2 Å². The van der Waals surface area contributed by atoms with Crippen LogP contribution >= 0.6 is 0 Å². The number of rotatable bonds is 3. The Morgan fingerprint density at radius 2 is 1.81 bits per heavy atom. The highest BCUT2D eigenvalue weighted by atomic mass is 19.4. The first-order valence-electron chi connectivity index (χ1n) is 7.41. The smallest absolute Gasteiger partial charge is 0.391 e. The second-order valence-electron chi connectivity index (χ2n) is 6.86. The minimum absolute atomic E-state index is 0.0375. The zero-order valence-corrected chi connectivity index (χ0v) is 12.8. The first kappa shape index (κ1) is 16.3. The summed E-state index contributed by atoms with van der Waals surface area (Å²) in [7, 11) is 0. The average molecular weight is 304 g/mol. The van der Waals surface area contributed by atoms with Crippen molar-refractivity contribution in [3.05, 3.63) is 17.8 Å². The molecule has 6 heteroatoms. The minimum atomic E-state index is -4.07. The summed E-state index contributed by atoms with van der Waals surface area (Å²) in [5.41, 5.74) is 0.782. The monoisotopic (exact) mass is 304 g/mol. The molecule has 0 spiro atoms. The number of hydrogen-bond acceptors (Lipinski definition) is 3. The molecule has 0 amide bonds. The Hall–Kier alpha value is -1.04. The number of hydrogen-bond donors (Lipinski definition) is 1. The van der Waals surface area contributed by atoms with E-state index in [4.69, 9.17) is 4.42 Å². The highest BCUT2D eigenvalue weighted by Crippen LogP contribution is 2.43. The summed E-state index contributed by atoms with van der Waals surface area (Å²) >= 11 is 0.